The molecule has 2 rings (SSSR count). The molecule has 0 heterocycles. The van der Waals surface area contributed by atoms with Crippen LogP contribution >= 0.6 is 0 Å². The number of aliphatic hydroxyl groups excluding tert-OH is 1. The first kappa shape index (κ1) is 20.1. The van der Waals surface area contributed by atoms with E-state index in [1.165, 1.54) is 4.90 Å². The molecule has 0 aliphatic carbocycles. The number of hydrogen-bond acceptors (Lipinski definition) is 5. The van der Waals surface area contributed by atoms with E-state index in [1.807, 2.05) is 19.1 Å². The van der Waals surface area contributed by atoms with Gasteiger partial charge in [-0.05, 0) is 25.5 Å². The second kappa shape index (κ2) is 8.41. The van der Waals surface area contributed by atoms with Gasteiger partial charge < -0.3 is 15.1 Å². The Kier molecular flexibility index (Phi) is 6.25. The van der Waals surface area contributed by atoms with E-state index in [-0.39, 0.29) is 24.2 Å². The minimum Gasteiger partial charge on any atom is -0.478 e. The van der Waals surface area contributed by atoms with Gasteiger partial charge in [0.05, 0.1) is 23.1 Å². The SMILES string of the molecule is CCN(CC(O)c1ccc(C)cc1)C(=O)c1cc(C(=O)O)cc([N+](=O)[O-])c1. The summed E-state index contributed by atoms with van der Waals surface area (Å²) < 4.78 is 0. The molecule has 0 aromatic heterocycles. The number of amides is 1. The van der Waals surface area contributed by atoms with Crippen molar-refractivity contribution >= 4 is 17.6 Å². The lowest BCUT2D eigenvalue weighted by atomic mass is 10.1. The molecule has 0 radical (unpaired) electrons. The molecule has 8 heteroatoms. The van der Waals surface area contributed by atoms with E-state index in [0.717, 1.165) is 23.8 Å². The highest BCUT2D eigenvalue weighted by Gasteiger charge is 2.23. The molecule has 0 saturated carbocycles. The quantitative estimate of drug-likeness (QED) is 0.569. The number of nitro groups is 1. The number of benzene rings is 2. The van der Waals surface area contributed by atoms with E-state index in [0.29, 0.717) is 5.56 Å². The van der Waals surface area contributed by atoms with Crippen LogP contribution in [0.25, 0.3) is 0 Å². The Morgan fingerprint density at radius 2 is 1.74 bits per heavy atom. The second-order valence-corrected chi connectivity index (χ2v) is 6.10. The molecule has 1 atom stereocenters. The van der Waals surface area contributed by atoms with Crippen molar-refractivity contribution < 1.29 is 24.7 Å². The molecule has 27 heavy (non-hydrogen) atoms. The lowest BCUT2D eigenvalue weighted by molar-refractivity contribution is -0.384. The number of carboxylic acids is 1. The summed E-state index contributed by atoms with van der Waals surface area (Å²) in [5.74, 6) is -1.95. The highest BCUT2D eigenvalue weighted by molar-refractivity contribution is 5.98. The maximum Gasteiger partial charge on any atom is 0.335 e. The fraction of sp³-hybridized carbons (Fsp3) is 0.263. The molecule has 142 valence electrons. The Bertz CT molecular complexity index is 831. The lowest BCUT2D eigenvalue weighted by Crippen LogP contribution is -2.34. The predicted octanol–water partition coefficient (Wildman–Crippen LogP) is 2.80. The summed E-state index contributed by atoms with van der Waals surface area (Å²) in [4.78, 5) is 35.5. The molecule has 0 bridgehead atoms. The van der Waals surface area contributed by atoms with Crippen LogP contribution in [0.4, 0.5) is 5.69 Å². The molecule has 1 unspecified atom stereocenters. The molecule has 8 nitrogen and oxygen atoms in total. The number of hydrogen-bond donors (Lipinski definition) is 2. The molecule has 2 N–H and O–H groups in total. The first-order chi connectivity index (χ1) is 12.7. The van der Waals surface area contributed by atoms with E-state index < -0.39 is 28.6 Å². The van der Waals surface area contributed by atoms with Crippen molar-refractivity contribution in [3.8, 4) is 0 Å². The van der Waals surface area contributed by atoms with Crippen molar-refractivity contribution in [3.63, 3.8) is 0 Å². The molecule has 0 aliphatic heterocycles. The van der Waals surface area contributed by atoms with E-state index in [1.54, 1.807) is 19.1 Å². The maximum absolute atomic E-state index is 12.7. The molecule has 0 saturated heterocycles. The highest BCUT2D eigenvalue weighted by atomic mass is 16.6. The van der Waals surface area contributed by atoms with Crippen LogP contribution in [0.3, 0.4) is 0 Å². The van der Waals surface area contributed by atoms with Gasteiger partial charge in [-0.15, -0.1) is 0 Å². The van der Waals surface area contributed by atoms with Crippen molar-refractivity contribution in [2.75, 3.05) is 13.1 Å². The number of carbonyl (C=O) groups excluding carboxylic acids is 1. The predicted molar refractivity (Wildman–Crippen MR) is 97.8 cm³/mol. The first-order valence-electron chi connectivity index (χ1n) is 8.29. The minimum absolute atomic E-state index is 0.0243. The number of nitrogens with zero attached hydrogens (tertiary/aromatic N) is 2. The van der Waals surface area contributed by atoms with Crippen LogP contribution in [0.2, 0.25) is 0 Å². The molecule has 0 spiro atoms. The number of carbonyl (C=O) groups is 2. The maximum atomic E-state index is 12.7. The summed E-state index contributed by atoms with van der Waals surface area (Å²) in [7, 11) is 0. The van der Waals surface area contributed by atoms with E-state index in [4.69, 9.17) is 5.11 Å². The number of non-ortho nitro benzene ring substituents is 1. The summed E-state index contributed by atoms with van der Waals surface area (Å²) in [6.07, 6.45) is -0.938. The van der Waals surface area contributed by atoms with Crippen molar-refractivity contribution in [1.82, 2.24) is 4.90 Å². The van der Waals surface area contributed by atoms with Crippen molar-refractivity contribution in [1.29, 1.82) is 0 Å². The molecule has 2 aromatic rings. The van der Waals surface area contributed by atoms with E-state index in [2.05, 4.69) is 0 Å². The van der Waals surface area contributed by atoms with Crippen LogP contribution in [0, 0.1) is 17.0 Å². The normalized spacial score (nSPS) is 11.7. The van der Waals surface area contributed by atoms with Gasteiger partial charge in [0.15, 0.2) is 0 Å². The van der Waals surface area contributed by atoms with Gasteiger partial charge in [0, 0.05) is 24.2 Å². The Morgan fingerprint density at radius 3 is 2.26 bits per heavy atom. The van der Waals surface area contributed by atoms with Gasteiger partial charge >= 0.3 is 5.97 Å². The van der Waals surface area contributed by atoms with E-state index in [9.17, 15) is 24.8 Å². The summed E-state index contributed by atoms with van der Waals surface area (Å²) in [6, 6.07) is 10.2. The van der Waals surface area contributed by atoms with Crippen LogP contribution in [0.15, 0.2) is 42.5 Å². The number of aryl methyl sites for hydroxylation is 1. The number of nitro benzene ring substituents is 1. The fourth-order valence-electron chi connectivity index (χ4n) is 2.60. The van der Waals surface area contributed by atoms with Gasteiger partial charge in [-0.1, -0.05) is 29.8 Å². The Hall–Kier alpha value is -3.26. The first-order valence-corrected chi connectivity index (χ1v) is 8.29. The van der Waals surface area contributed by atoms with Crippen LogP contribution in [-0.2, 0) is 0 Å². The van der Waals surface area contributed by atoms with Crippen LogP contribution in [-0.4, -0.2) is 45.0 Å². The smallest absolute Gasteiger partial charge is 0.335 e. The molecule has 0 aliphatic rings. The third kappa shape index (κ3) is 4.89. The summed E-state index contributed by atoms with van der Waals surface area (Å²) in [5, 5.41) is 30.5. The third-order valence-electron chi connectivity index (χ3n) is 4.15. The topological polar surface area (TPSA) is 121 Å². The summed E-state index contributed by atoms with van der Waals surface area (Å²) >= 11 is 0. The summed E-state index contributed by atoms with van der Waals surface area (Å²) in [5.41, 5.74) is 0.736. The van der Waals surface area contributed by atoms with Gasteiger partial charge in [0.1, 0.15) is 0 Å². The Balaban J connectivity index is 2.29. The Labute approximate surface area is 155 Å². The van der Waals surface area contributed by atoms with Crippen LogP contribution in [0.5, 0.6) is 0 Å². The average Bonchev–Trinajstić information content (AvgIpc) is 2.65. The van der Waals surface area contributed by atoms with Crippen molar-refractivity contribution in [2.45, 2.75) is 20.0 Å². The lowest BCUT2D eigenvalue weighted by Gasteiger charge is -2.24. The average molecular weight is 372 g/mol. The minimum atomic E-state index is -1.37. The van der Waals surface area contributed by atoms with Gasteiger partial charge in [-0.25, -0.2) is 4.79 Å². The molecule has 0 fully saturated rings. The van der Waals surface area contributed by atoms with Crippen LogP contribution < -0.4 is 0 Å². The summed E-state index contributed by atoms with van der Waals surface area (Å²) in [6.45, 7) is 3.84. The van der Waals surface area contributed by atoms with Gasteiger partial charge in [-0.2, -0.15) is 0 Å². The number of rotatable bonds is 7. The second-order valence-electron chi connectivity index (χ2n) is 6.10. The van der Waals surface area contributed by atoms with Gasteiger partial charge in [0.2, 0.25) is 0 Å². The number of carboxylic acid groups (broad SMARTS) is 1. The Morgan fingerprint density at radius 1 is 1.15 bits per heavy atom. The largest absolute Gasteiger partial charge is 0.478 e. The van der Waals surface area contributed by atoms with Gasteiger partial charge in [0.25, 0.3) is 11.6 Å². The zero-order chi connectivity index (χ0) is 20.1. The van der Waals surface area contributed by atoms with Crippen molar-refractivity contribution in [3.05, 3.63) is 74.8 Å². The highest BCUT2D eigenvalue weighted by Crippen LogP contribution is 2.21. The zero-order valence-electron chi connectivity index (χ0n) is 15.0. The van der Waals surface area contributed by atoms with Crippen molar-refractivity contribution in [2.24, 2.45) is 0 Å². The fourth-order valence-corrected chi connectivity index (χ4v) is 2.60. The monoisotopic (exact) mass is 372 g/mol. The van der Waals surface area contributed by atoms with Crippen LogP contribution in [0.1, 0.15) is 44.9 Å². The molecule has 1 amide bonds. The molecular weight excluding hydrogens is 352 g/mol. The molecular formula is C19H20N2O6. The van der Waals surface area contributed by atoms with Gasteiger partial charge in [-0.3, -0.25) is 14.9 Å². The molecule has 2 aromatic carbocycles. The van der Waals surface area contributed by atoms with E-state index >= 15 is 0 Å². The number of aliphatic hydroxyl groups is 1. The number of likely N-dealkylation sites (N-methyl/N-ethyl adjacent to an activating group) is 1. The number of aromatic carboxylic acids is 1. The third-order valence-corrected chi connectivity index (χ3v) is 4.15. The standard InChI is InChI=1S/C19H20N2O6/c1-3-20(11-17(22)13-6-4-12(2)5-7-13)18(23)14-8-15(19(24)25)10-16(9-14)21(26)27/h4-10,17,22H,3,11H2,1-2H3,(H,24,25). The zero-order valence-corrected chi connectivity index (χ0v) is 15.0.